The Morgan fingerprint density at radius 1 is 0.396 bits per heavy atom. The number of primary amides is 1. The number of benzene rings is 4. The molecule has 22 heteroatoms. The number of aromatic amines is 3. The summed E-state index contributed by atoms with van der Waals surface area (Å²) in [5.41, 5.74) is 36.1. The van der Waals surface area contributed by atoms with Crippen LogP contribution >= 0.6 is 0 Å². The molecule has 17 rings (SSSR count). The number of imidazole rings is 3. The molecule has 14 aromatic rings. The quantitative estimate of drug-likeness (QED) is 0.0582. The summed E-state index contributed by atoms with van der Waals surface area (Å²) in [6.07, 6.45) is 22.9. The summed E-state index contributed by atoms with van der Waals surface area (Å²) < 4.78 is 6.21. The highest BCUT2D eigenvalue weighted by molar-refractivity contribution is 5.96. The third-order valence-corrected chi connectivity index (χ3v) is 19.6. The number of pyridine rings is 1. The minimum atomic E-state index is -0.196. The third-order valence-electron chi connectivity index (χ3n) is 19.6. The predicted molar refractivity (Wildman–Crippen MR) is 375 cm³/mol. The van der Waals surface area contributed by atoms with Crippen LogP contribution in [0.15, 0.2) is 183 Å². The van der Waals surface area contributed by atoms with E-state index in [2.05, 4.69) is 107 Å². The number of aromatic nitrogens is 13. The molecule has 96 heavy (non-hydrogen) atoms. The van der Waals surface area contributed by atoms with Crippen molar-refractivity contribution >= 4 is 95.9 Å². The van der Waals surface area contributed by atoms with Gasteiger partial charge in [-0.05, 0) is 138 Å². The van der Waals surface area contributed by atoms with Crippen LogP contribution in [0.4, 0.5) is 29.0 Å². The number of hydrogen-bond acceptors (Lipinski definition) is 13. The molecule has 10 heterocycles. The van der Waals surface area contributed by atoms with Crippen LogP contribution in [0.2, 0.25) is 0 Å². The molecule has 0 atom stereocenters. The van der Waals surface area contributed by atoms with Crippen molar-refractivity contribution in [1.82, 2.24) is 63.0 Å². The summed E-state index contributed by atoms with van der Waals surface area (Å²) >= 11 is 0. The van der Waals surface area contributed by atoms with E-state index in [4.69, 9.17) is 37.9 Å². The first-order chi connectivity index (χ1) is 47.0. The van der Waals surface area contributed by atoms with E-state index in [1.165, 1.54) is 0 Å². The molecule has 482 valence electrons. The van der Waals surface area contributed by atoms with Gasteiger partial charge in [0.2, 0.25) is 17.7 Å². The SMILES string of the molecule is NC(=O)C1CCC(c2nc(-c3cc4ccccc4[nH]3)c3c(N)nccn23)CC1.Nc1nccn2c(C3CCC(C(=O)Nc4ccccc4)CC3)nc(-c3cc4ccccc4[nH]3)c12.Nc1nccn2c(C3CCC(C(=O)Nc4ccccn4)CC3)nc(-c3cc4ccccc4[nH]3)c12. The third kappa shape index (κ3) is 12.0. The van der Waals surface area contributed by atoms with Gasteiger partial charge in [0.05, 0.1) is 17.1 Å². The second-order valence-electron chi connectivity index (χ2n) is 25.5. The molecular formula is C74H73N19O3. The minimum Gasteiger partial charge on any atom is -0.382 e. The van der Waals surface area contributed by atoms with Crippen LogP contribution in [-0.2, 0) is 14.4 Å². The molecule has 3 amide bonds. The number of para-hydroxylation sites is 4. The van der Waals surface area contributed by atoms with Gasteiger partial charge in [0, 0.05) is 117 Å². The van der Waals surface area contributed by atoms with E-state index < -0.39 is 0 Å². The van der Waals surface area contributed by atoms with Crippen LogP contribution in [0.3, 0.4) is 0 Å². The van der Waals surface area contributed by atoms with Gasteiger partial charge in [-0.15, -0.1) is 0 Å². The smallest absolute Gasteiger partial charge is 0.228 e. The van der Waals surface area contributed by atoms with Gasteiger partial charge >= 0.3 is 0 Å². The number of carbonyl (C=O) groups is 3. The van der Waals surface area contributed by atoms with Gasteiger partial charge in [-0.1, -0.05) is 78.9 Å². The van der Waals surface area contributed by atoms with Crippen molar-refractivity contribution in [2.45, 2.75) is 94.8 Å². The van der Waals surface area contributed by atoms with E-state index in [0.29, 0.717) is 23.3 Å². The Kier molecular flexibility index (Phi) is 16.4. The fourth-order valence-corrected chi connectivity index (χ4v) is 14.6. The maximum atomic E-state index is 12.8. The zero-order valence-electron chi connectivity index (χ0n) is 52.8. The molecule has 0 saturated heterocycles. The highest BCUT2D eigenvalue weighted by atomic mass is 16.2. The molecule has 0 aliphatic heterocycles. The van der Waals surface area contributed by atoms with Crippen LogP contribution in [0.1, 0.15) is 112 Å². The lowest BCUT2D eigenvalue weighted by molar-refractivity contribution is -0.123. The van der Waals surface area contributed by atoms with Crippen molar-refractivity contribution in [3.63, 3.8) is 0 Å². The van der Waals surface area contributed by atoms with E-state index in [1.807, 2.05) is 110 Å². The first-order valence-electron chi connectivity index (χ1n) is 32.9. The molecule has 0 spiro atoms. The molecule has 3 fully saturated rings. The summed E-state index contributed by atoms with van der Waals surface area (Å²) in [6, 6.07) is 46.0. The number of nitrogens with one attached hydrogen (secondary N) is 5. The van der Waals surface area contributed by atoms with E-state index >= 15 is 0 Å². The molecule has 22 nitrogen and oxygen atoms in total. The lowest BCUT2D eigenvalue weighted by Gasteiger charge is -2.27. The van der Waals surface area contributed by atoms with Crippen LogP contribution in [0.5, 0.6) is 0 Å². The minimum absolute atomic E-state index is 0.0163. The lowest BCUT2D eigenvalue weighted by atomic mass is 9.81. The molecule has 4 aromatic carbocycles. The second-order valence-corrected chi connectivity index (χ2v) is 25.5. The summed E-state index contributed by atoms with van der Waals surface area (Å²) in [5, 5.41) is 9.38. The molecule has 3 saturated carbocycles. The monoisotopic (exact) mass is 1280 g/mol. The van der Waals surface area contributed by atoms with Crippen molar-refractivity contribution in [2.24, 2.45) is 23.5 Å². The van der Waals surface area contributed by atoms with Crippen LogP contribution in [0, 0.1) is 17.8 Å². The Morgan fingerprint density at radius 3 is 1.11 bits per heavy atom. The standard InChI is InChI=1S/C27H26N6O.C26H25N7O.C21H22N6O/c28-25-24-23(22-16-19-6-4-5-9-21(19)31-22)32-26(33(24)15-14-29-25)17-10-12-18(13-11-17)27(34)30-20-7-2-1-3-8-20;27-24-23-22(20-15-18-5-1-2-6-19(18)30-20)32-25(33(23)14-13-29-24)16-8-10-17(11-9-16)26(34)31-21-7-3-4-12-28-21;22-19-18-17(16-11-14-3-1-2-4-15(14)25-16)26-21(27(18)10-9-24-19)13-7-5-12(6-8-13)20(23)28/h1-9,14-18,31H,10-13H2,(H2,28,29)(H,30,34);1-7,12-17,30H,8-11H2,(H2,27,29)(H,28,31,34);1-4,9-13,25H,5-8H2,(H2,22,24)(H2,23,28). The average molecular weight is 1280 g/mol. The van der Waals surface area contributed by atoms with Crippen molar-refractivity contribution < 1.29 is 14.4 Å². The molecule has 0 radical (unpaired) electrons. The Labute approximate surface area is 551 Å². The summed E-state index contributed by atoms with van der Waals surface area (Å²) in [6.45, 7) is 0. The Balaban J connectivity index is 0.000000119. The van der Waals surface area contributed by atoms with E-state index in [-0.39, 0.29) is 53.2 Å². The van der Waals surface area contributed by atoms with Gasteiger partial charge in [-0.2, -0.15) is 0 Å². The first kappa shape index (κ1) is 60.6. The highest BCUT2D eigenvalue weighted by Crippen LogP contribution is 2.43. The molecule has 0 bridgehead atoms. The topological polar surface area (TPSA) is 330 Å². The number of nitrogens with zero attached hydrogens (tertiary/aromatic N) is 10. The number of nitrogen functional groups attached to an aromatic ring is 3. The zero-order valence-corrected chi connectivity index (χ0v) is 52.8. The summed E-state index contributed by atoms with van der Waals surface area (Å²) in [7, 11) is 0. The van der Waals surface area contributed by atoms with Gasteiger partial charge < -0.3 is 48.5 Å². The average Bonchev–Trinajstić information content (AvgIpc) is 1.63. The molecule has 3 aliphatic rings. The van der Waals surface area contributed by atoms with Gasteiger partial charge in [0.1, 0.15) is 74.4 Å². The number of fused-ring (bicyclic) bond motifs is 6. The number of amides is 3. The molecule has 3 aliphatic carbocycles. The van der Waals surface area contributed by atoms with Crippen molar-refractivity contribution in [2.75, 3.05) is 27.8 Å². The van der Waals surface area contributed by atoms with Gasteiger partial charge in [-0.25, -0.2) is 34.9 Å². The number of hydrogen-bond donors (Lipinski definition) is 9. The van der Waals surface area contributed by atoms with E-state index in [9.17, 15) is 14.4 Å². The van der Waals surface area contributed by atoms with E-state index in [0.717, 1.165) is 184 Å². The molecular weight excluding hydrogens is 1200 g/mol. The van der Waals surface area contributed by atoms with Gasteiger partial charge in [0.15, 0.2) is 0 Å². The Bertz CT molecular complexity index is 4830. The number of H-pyrrole nitrogens is 3. The van der Waals surface area contributed by atoms with Gasteiger partial charge in [-0.3, -0.25) is 27.6 Å². The van der Waals surface area contributed by atoms with E-state index in [1.54, 1.807) is 24.8 Å². The fraction of sp³-hybridized carbons (Fsp3) is 0.243. The Morgan fingerprint density at radius 2 is 0.750 bits per heavy atom. The van der Waals surface area contributed by atoms with Crippen LogP contribution in [-0.4, -0.2) is 80.8 Å². The highest BCUT2D eigenvalue weighted by Gasteiger charge is 2.34. The zero-order chi connectivity index (χ0) is 65.4. The van der Waals surface area contributed by atoms with Crippen LogP contribution < -0.4 is 33.6 Å². The molecule has 0 unspecified atom stereocenters. The molecule has 13 N–H and O–H groups in total. The lowest BCUT2D eigenvalue weighted by Crippen LogP contribution is -2.27. The summed E-state index contributed by atoms with van der Waals surface area (Å²) in [5.74, 6) is 5.59. The first-order valence-corrected chi connectivity index (χ1v) is 32.9. The number of carbonyl (C=O) groups excluding carboxylic acids is 3. The fourth-order valence-electron chi connectivity index (χ4n) is 14.6. The maximum absolute atomic E-state index is 12.8. The van der Waals surface area contributed by atoms with Crippen molar-refractivity contribution in [1.29, 1.82) is 0 Å². The van der Waals surface area contributed by atoms with Gasteiger partial charge in [0.25, 0.3) is 0 Å². The number of anilines is 5. The van der Waals surface area contributed by atoms with Crippen molar-refractivity contribution in [3.05, 3.63) is 200 Å². The summed E-state index contributed by atoms with van der Waals surface area (Å²) in [4.78, 5) is 79.7. The largest absolute Gasteiger partial charge is 0.382 e. The second kappa shape index (κ2) is 26.0. The predicted octanol–water partition coefficient (Wildman–Crippen LogP) is 13.4. The Hall–Kier alpha value is -11.7. The normalized spacial score (nSPS) is 18.8. The van der Waals surface area contributed by atoms with Crippen molar-refractivity contribution in [3.8, 4) is 34.2 Å². The van der Waals surface area contributed by atoms with Crippen LogP contribution in [0.25, 0.3) is 83.4 Å². The number of nitrogens with two attached hydrogens (primary N) is 4. The number of rotatable bonds is 11. The maximum Gasteiger partial charge on any atom is 0.228 e. The molecule has 10 aromatic heterocycles.